The average molecular weight is 212 g/mol. The molecule has 0 nitrogen and oxygen atoms in total. The minimum atomic E-state index is -1.17. The first-order chi connectivity index (χ1) is 5.84. The van der Waals surface area contributed by atoms with E-state index in [4.69, 9.17) is 0 Å². The monoisotopic (exact) mass is 212 g/mol. The smallest absolute Gasteiger partial charge is 0.0727 e. The minimum absolute atomic E-state index is 0.308. The summed E-state index contributed by atoms with van der Waals surface area (Å²) in [5.41, 5.74) is 0.640. The van der Waals surface area contributed by atoms with Crippen molar-refractivity contribution in [2.24, 2.45) is 10.8 Å². The van der Waals surface area contributed by atoms with Gasteiger partial charge in [0, 0.05) is 0 Å². The summed E-state index contributed by atoms with van der Waals surface area (Å²) in [5.74, 6) is 0. The van der Waals surface area contributed by atoms with Gasteiger partial charge in [0.2, 0.25) is 0 Å². The van der Waals surface area contributed by atoms with Gasteiger partial charge in [-0.3, -0.25) is 0 Å². The highest BCUT2D eigenvalue weighted by Gasteiger charge is 2.30. The zero-order valence-electron chi connectivity index (χ0n) is 11.6. The lowest BCUT2D eigenvalue weighted by Gasteiger charge is -2.35. The lowest BCUT2D eigenvalue weighted by Crippen LogP contribution is -2.33. The Morgan fingerprint density at radius 1 is 0.857 bits per heavy atom. The SMILES string of the molecule is CC(C)(C)/C=C(\C(C)(C)C)[Si](C)(C)C. The van der Waals surface area contributed by atoms with Crippen LogP contribution in [0.2, 0.25) is 19.6 Å². The lowest BCUT2D eigenvalue weighted by molar-refractivity contribution is 0.488. The van der Waals surface area contributed by atoms with Crippen LogP contribution >= 0.6 is 0 Å². The van der Waals surface area contributed by atoms with E-state index in [0.717, 1.165) is 0 Å². The molecule has 0 rings (SSSR count). The number of hydrogen-bond donors (Lipinski definition) is 0. The van der Waals surface area contributed by atoms with Crippen molar-refractivity contribution < 1.29 is 0 Å². The first-order valence-electron chi connectivity index (χ1n) is 5.58. The molecule has 0 aliphatic carbocycles. The number of rotatable bonds is 1. The van der Waals surface area contributed by atoms with E-state index in [1.165, 1.54) is 0 Å². The largest absolute Gasteiger partial charge is 0.0832 e. The second-order valence-corrected chi connectivity index (χ2v) is 12.5. The Morgan fingerprint density at radius 2 is 1.21 bits per heavy atom. The minimum Gasteiger partial charge on any atom is -0.0832 e. The van der Waals surface area contributed by atoms with Crippen molar-refractivity contribution in [3.8, 4) is 0 Å². The van der Waals surface area contributed by atoms with E-state index in [1.807, 2.05) is 0 Å². The quantitative estimate of drug-likeness (QED) is 0.543. The molecule has 0 amide bonds. The van der Waals surface area contributed by atoms with Gasteiger partial charge >= 0.3 is 0 Å². The van der Waals surface area contributed by atoms with Crippen molar-refractivity contribution in [2.45, 2.75) is 61.2 Å². The van der Waals surface area contributed by atoms with Gasteiger partial charge in [-0.1, -0.05) is 72.5 Å². The molecule has 14 heavy (non-hydrogen) atoms. The lowest BCUT2D eigenvalue weighted by atomic mass is 9.88. The molecule has 0 saturated heterocycles. The van der Waals surface area contributed by atoms with Gasteiger partial charge in [0.15, 0.2) is 0 Å². The highest BCUT2D eigenvalue weighted by atomic mass is 28.3. The fourth-order valence-electron chi connectivity index (χ4n) is 1.99. The van der Waals surface area contributed by atoms with Crippen LogP contribution in [-0.4, -0.2) is 8.07 Å². The molecule has 0 aliphatic rings. The van der Waals surface area contributed by atoms with Crippen LogP contribution in [0.15, 0.2) is 11.3 Å². The summed E-state index contributed by atoms with van der Waals surface area (Å²) in [6, 6.07) is 0. The van der Waals surface area contributed by atoms with Crippen LogP contribution in [0, 0.1) is 10.8 Å². The highest BCUT2D eigenvalue weighted by molar-refractivity contribution is 6.83. The maximum Gasteiger partial charge on any atom is 0.0727 e. The van der Waals surface area contributed by atoms with Gasteiger partial charge in [-0.15, -0.1) is 0 Å². The number of allylic oxidation sites excluding steroid dienone is 2. The highest BCUT2D eigenvalue weighted by Crippen LogP contribution is 2.36. The third-order valence-corrected chi connectivity index (χ3v) is 4.70. The molecule has 0 atom stereocenters. The van der Waals surface area contributed by atoms with Crippen LogP contribution in [0.4, 0.5) is 0 Å². The summed E-state index contributed by atoms with van der Waals surface area (Å²) < 4.78 is 0. The Labute approximate surface area is 91.8 Å². The van der Waals surface area contributed by atoms with Crippen molar-refractivity contribution in [3.63, 3.8) is 0 Å². The van der Waals surface area contributed by atoms with Gasteiger partial charge in [0.1, 0.15) is 0 Å². The molecule has 0 saturated carbocycles. The molecule has 0 unspecified atom stereocenters. The summed E-state index contributed by atoms with van der Waals surface area (Å²) in [5, 5.41) is 1.69. The van der Waals surface area contributed by atoms with Crippen LogP contribution in [0.25, 0.3) is 0 Å². The van der Waals surface area contributed by atoms with Gasteiger partial charge in [0.25, 0.3) is 0 Å². The summed E-state index contributed by atoms with van der Waals surface area (Å²) in [6.45, 7) is 21.2. The third kappa shape index (κ3) is 4.99. The van der Waals surface area contributed by atoms with Crippen molar-refractivity contribution >= 4 is 8.07 Å². The van der Waals surface area contributed by atoms with Gasteiger partial charge in [0.05, 0.1) is 8.07 Å². The van der Waals surface area contributed by atoms with Crippen molar-refractivity contribution in [1.82, 2.24) is 0 Å². The van der Waals surface area contributed by atoms with E-state index >= 15 is 0 Å². The summed E-state index contributed by atoms with van der Waals surface area (Å²) in [7, 11) is -1.17. The number of hydrogen-bond acceptors (Lipinski definition) is 0. The molecule has 0 spiro atoms. The van der Waals surface area contributed by atoms with Crippen LogP contribution in [0.3, 0.4) is 0 Å². The molecule has 0 fully saturated rings. The second-order valence-electron chi connectivity index (χ2n) is 7.42. The molecular weight excluding hydrogens is 184 g/mol. The van der Waals surface area contributed by atoms with Crippen molar-refractivity contribution in [2.75, 3.05) is 0 Å². The van der Waals surface area contributed by atoms with E-state index in [9.17, 15) is 0 Å². The predicted molar refractivity (Wildman–Crippen MR) is 70.3 cm³/mol. The van der Waals surface area contributed by atoms with Crippen LogP contribution in [0.5, 0.6) is 0 Å². The first kappa shape index (κ1) is 14.0. The maximum atomic E-state index is 2.50. The average Bonchev–Trinajstić information content (AvgIpc) is 1.75. The van der Waals surface area contributed by atoms with E-state index < -0.39 is 8.07 Å². The summed E-state index contributed by atoms with van der Waals surface area (Å²) in [6.07, 6.45) is 2.50. The topological polar surface area (TPSA) is 0 Å². The molecule has 0 N–H and O–H groups in total. The van der Waals surface area contributed by atoms with Gasteiger partial charge in [-0.25, -0.2) is 0 Å². The molecule has 0 aromatic heterocycles. The zero-order chi connectivity index (χ0) is 11.8. The van der Waals surface area contributed by atoms with Crippen molar-refractivity contribution in [1.29, 1.82) is 0 Å². The van der Waals surface area contributed by atoms with Gasteiger partial charge in [-0.2, -0.15) is 0 Å². The fraction of sp³-hybridized carbons (Fsp3) is 0.846. The molecule has 0 aromatic rings. The van der Waals surface area contributed by atoms with E-state index in [-0.39, 0.29) is 0 Å². The second kappa shape index (κ2) is 3.84. The molecular formula is C13H28Si. The van der Waals surface area contributed by atoms with Gasteiger partial charge < -0.3 is 0 Å². The molecule has 1 heteroatoms. The van der Waals surface area contributed by atoms with Crippen molar-refractivity contribution in [3.05, 3.63) is 11.3 Å². The summed E-state index contributed by atoms with van der Waals surface area (Å²) in [4.78, 5) is 0. The first-order valence-corrected chi connectivity index (χ1v) is 9.08. The van der Waals surface area contributed by atoms with Crippen LogP contribution in [-0.2, 0) is 0 Å². The predicted octanol–water partition coefficient (Wildman–Crippen LogP) is 4.88. The third-order valence-electron chi connectivity index (χ3n) is 2.19. The Balaban J connectivity index is 5.26. The molecule has 0 bridgehead atoms. The van der Waals surface area contributed by atoms with E-state index in [2.05, 4.69) is 67.3 Å². The Bertz CT molecular complexity index is 199. The Kier molecular flexibility index (Phi) is 3.83. The van der Waals surface area contributed by atoms with E-state index in [1.54, 1.807) is 5.20 Å². The van der Waals surface area contributed by atoms with Crippen LogP contribution < -0.4 is 0 Å². The normalized spacial score (nSPS) is 15.9. The van der Waals surface area contributed by atoms with E-state index in [0.29, 0.717) is 10.8 Å². The zero-order valence-corrected chi connectivity index (χ0v) is 12.6. The molecule has 0 aromatic carbocycles. The molecule has 0 aliphatic heterocycles. The fourth-order valence-corrected chi connectivity index (χ4v) is 5.11. The molecule has 0 heterocycles. The molecule has 0 radical (unpaired) electrons. The summed E-state index contributed by atoms with van der Waals surface area (Å²) >= 11 is 0. The Hall–Kier alpha value is -0.0431. The molecule has 84 valence electrons. The van der Waals surface area contributed by atoms with Crippen LogP contribution in [0.1, 0.15) is 41.5 Å². The Morgan fingerprint density at radius 3 is 1.29 bits per heavy atom. The van der Waals surface area contributed by atoms with Gasteiger partial charge in [-0.05, 0) is 10.8 Å². The maximum absolute atomic E-state index is 2.50. The standard InChI is InChI=1S/C13H28Si/c1-12(2,3)10-11(13(4,5)6)14(7,8)9/h10H,1-9H3/b11-10+.